The average molecular weight is 185 g/mol. The van der Waals surface area contributed by atoms with Crippen LogP contribution in [0.15, 0.2) is 0 Å². The number of hydrogen-bond acceptors (Lipinski definition) is 2. The summed E-state index contributed by atoms with van der Waals surface area (Å²) in [5.41, 5.74) is 2.24. The van der Waals surface area contributed by atoms with Gasteiger partial charge in [0.1, 0.15) is 0 Å². The molecule has 0 saturated heterocycles. The molecule has 1 amide bonds. The fourth-order valence-corrected chi connectivity index (χ4v) is 1.95. The van der Waals surface area contributed by atoms with Crippen LogP contribution in [-0.4, -0.2) is 13.0 Å². The molecule has 0 heterocycles. The lowest BCUT2D eigenvalue weighted by Crippen LogP contribution is -2.38. The van der Waals surface area contributed by atoms with Gasteiger partial charge in [-0.15, -0.1) is 0 Å². The summed E-state index contributed by atoms with van der Waals surface area (Å²) in [6.45, 7) is 2.03. The van der Waals surface area contributed by atoms with Crippen LogP contribution in [0.1, 0.15) is 45.4 Å². The second-order valence-corrected chi connectivity index (χ2v) is 4.11. The molecule has 0 bridgehead atoms. The molecule has 0 aromatic heterocycles. The van der Waals surface area contributed by atoms with Gasteiger partial charge < -0.3 is 0 Å². The zero-order valence-corrected chi connectivity index (χ0v) is 8.56. The summed E-state index contributed by atoms with van der Waals surface area (Å²) >= 11 is 0. The van der Waals surface area contributed by atoms with Crippen LogP contribution in [0.4, 0.5) is 0 Å². The van der Waals surface area contributed by atoms with Gasteiger partial charge in [-0.3, -0.25) is 9.63 Å². The largest absolute Gasteiger partial charge is 0.277 e. The first kappa shape index (κ1) is 10.5. The molecule has 13 heavy (non-hydrogen) atoms. The van der Waals surface area contributed by atoms with Gasteiger partial charge in [0.05, 0.1) is 7.11 Å². The van der Waals surface area contributed by atoms with Crippen LogP contribution in [0, 0.1) is 5.41 Å². The third-order valence-electron chi connectivity index (χ3n) is 2.95. The molecule has 1 N–H and O–H groups in total. The highest BCUT2D eigenvalue weighted by Crippen LogP contribution is 2.34. The highest BCUT2D eigenvalue weighted by Gasteiger charge is 2.33. The topological polar surface area (TPSA) is 38.3 Å². The molecule has 0 spiro atoms. The Hall–Kier alpha value is -0.570. The van der Waals surface area contributed by atoms with Crippen molar-refractivity contribution in [3.8, 4) is 0 Å². The first-order chi connectivity index (χ1) is 6.19. The molecule has 0 aromatic carbocycles. The second-order valence-electron chi connectivity index (χ2n) is 4.11. The molecule has 0 aliphatic heterocycles. The van der Waals surface area contributed by atoms with Gasteiger partial charge in [0.15, 0.2) is 0 Å². The van der Waals surface area contributed by atoms with Crippen LogP contribution in [0.25, 0.3) is 0 Å². The van der Waals surface area contributed by atoms with E-state index in [-0.39, 0.29) is 11.3 Å². The van der Waals surface area contributed by atoms with Crippen molar-refractivity contribution in [1.29, 1.82) is 0 Å². The molecule has 1 aliphatic rings. The van der Waals surface area contributed by atoms with Crippen LogP contribution in [0.3, 0.4) is 0 Å². The van der Waals surface area contributed by atoms with Crippen molar-refractivity contribution in [2.75, 3.05) is 7.11 Å². The van der Waals surface area contributed by atoms with E-state index in [4.69, 9.17) is 0 Å². The number of hydroxylamine groups is 1. The third-order valence-corrected chi connectivity index (χ3v) is 2.95. The van der Waals surface area contributed by atoms with E-state index in [9.17, 15) is 4.79 Å². The number of nitrogens with one attached hydrogen (secondary N) is 1. The van der Waals surface area contributed by atoms with Crippen LogP contribution >= 0.6 is 0 Å². The zero-order valence-electron chi connectivity index (χ0n) is 8.56. The molecule has 3 heteroatoms. The molecule has 1 rings (SSSR count). The van der Waals surface area contributed by atoms with Crippen molar-refractivity contribution >= 4 is 5.91 Å². The van der Waals surface area contributed by atoms with E-state index in [1.165, 1.54) is 20.0 Å². The zero-order chi connectivity index (χ0) is 9.73. The van der Waals surface area contributed by atoms with E-state index in [0.29, 0.717) is 0 Å². The number of carbonyl (C=O) groups excluding carboxylic acids is 1. The van der Waals surface area contributed by atoms with Gasteiger partial charge in [-0.05, 0) is 12.8 Å². The van der Waals surface area contributed by atoms with E-state index in [1.54, 1.807) is 0 Å². The molecule has 0 aromatic rings. The standard InChI is InChI=1S/C10H19NO2/c1-10(9(12)11-13-2)7-5-3-4-6-8-10/h3-8H2,1-2H3,(H,11,12). The van der Waals surface area contributed by atoms with Gasteiger partial charge in [0.25, 0.3) is 0 Å². The predicted octanol–water partition coefficient (Wildman–Crippen LogP) is 2.02. The molecule has 1 saturated carbocycles. The first-order valence-corrected chi connectivity index (χ1v) is 5.02. The molecule has 1 aliphatic carbocycles. The Morgan fingerprint density at radius 2 is 1.77 bits per heavy atom. The fourth-order valence-electron chi connectivity index (χ4n) is 1.95. The van der Waals surface area contributed by atoms with E-state index in [2.05, 4.69) is 10.3 Å². The smallest absolute Gasteiger partial charge is 0.249 e. The molecule has 0 radical (unpaired) electrons. The minimum atomic E-state index is -0.202. The second kappa shape index (κ2) is 4.61. The van der Waals surface area contributed by atoms with E-state index < -0.39 is 0 Å². The Kier molecular flexibility index (Phi) is 3.72. The lowest BCUT2D eigenvalue weighted by Gasteiger charge is -2.25. The van der Waals surface area contributed by atoms with Crippen molar-refractivity contribution < 1.29 is 9.63 Å². The molecule has 3 nitrogen and oxygen atoms in total. The minimum Gasteiger partial charge on any atom is -0.277 e. The van der Waals surface area contributed by atoms with Crippen molar-refractivity contribution in [3.63, 3.8) is 0 Å². The maximum Gasteiger partial charge on any atom is 0.249 e. The number of carbonyl (C=O) groups is 1. The molecular weight excluding hydrogens is 166 g/mol. The maximum atomic E-state index is 11.6. The van der Waals surface area contributed by atoms with Gasteiger partial charge in [-0.25, -0.2) is 5.48 Å². The van der Waals surface area contributed by atoms with Crippen molar-refractivity contribution in [3.05, 3.63) is 0 Å². The molecule has 0 atom stereocenters. The Morgan fingerprint density at radius 3 is 2.23 bits per heavy atom. The summed E-state index contributed by atoms with van der Waals surface area (Å²) in [4.78, 5) is 16.3. The normalized spacial score (nSPS) is 22.0. The summed E-state index contributed by atoms with van der Waals surface area (Å²) < 4.78 is 0. The average Bonchev–Trinajstić information content (AvgIpc) is 2.32. The van der Waals surface area contributed by atoms with Crippen LogP contribution in [0.5, 0.6) is 0 Å². The summed E-state index contributed by atoms with van der Waals surface area (Å²) in [6.07, 6.45) is 6.82. The summed E-state index contributed by atoms with van der Waals surface area (Å²) in [6, 6.07) is 0. The van der Waals surface area contributed by atoms with Gasteiger partial charge >= 0.3 is 0 Å². The fraction of sp³-hybridized carbons (Fsp3) is 0.900. The number of hydrogen-bond donors (Lipinski definition) is 1. The summed E-state index contributed by atoms with van der Waals surface area (Å²) in [5, 5.41) is 0. The van der Waals surface area contributed by atoms with Crippen molar-refractivity contribution in [2.24, 2.45) is 5.41 Å². The Labute approximate surface area is 79.8 Å². The predicted molar refractivity (Wildman–Crippen MR) is 51.0 cm³/mol. The van der Waals surface area contributed by atoms with E-state index in [1.807, 2.05) is 6.92 Å². The van der Waals surface area contributed by atoms with Crippen molar-refractivity contribution in [2.45, 2.75) is 45.4 Å². The van der Waals surface area contributed by atoms with Crippen molar-refractivity contribution in [1.82, 2.24) is 5.48 Å². The summed E-state index contributed by atoms with van der Waals surface area (Å²) in [7, 11) is 1.48. The molecule has 1 fully saturated rings. The highest BCUT2D eigenvalue weighted by molar-refractivity contribution is 5.81. The third kappa shape index (κ3) is 2.69. The lowest BCUT2D eigenvalue weighted by atomic mass is 9.82. The van der Waals surface area contributed by atoms with Gasteiger partial charge in [0.2, 0.25) is 5.91 Å². The van der Waals surface area contributed by atoms with Gasteiger partial charge in [0, 0.05) is 5.41 Å². The Balaban J connectivity index is 2.55. The SMILES string of the molecule is CONC(=O)C1(C)CCCCCC1. The minimum absolute atomic E-state index is 0.0388. The van der Waals surface area contributed by atoms with E-state index >= 15 is 0 Å². The number of rotatable bonds is 2. The Bertz CT molecular complexity index is 172. The van der Waals surface area contributed by atoms with Crippen LogP contribution in [-0.2, 0) is 9.63 Å². The molecular formula is C10H19NO2. The Morgan fingerprint density at radius 1 is 1.23 bits per heavy atom. The lowest BCUT2D eigenvalue weighted by molar-refractivity contribution is -0.141. The van der Waals surface area contributed by atoms with Crippen LogP contribution in [0.2, 0.25) is 0 Å². The molecule has 0 unspecified atom stereocenters. The van der Waals surface area contributed by atoms with Gasteiger partial charge in [-0.2, -0.15) is 0 Å². The van der Waals surface area contributed by atoms with Crippen LogP contribution < -0.4 is 5.48 Å². The van der Waals surface area contributed by atoms with Gasteiger partial charge in [-0.1, -0.05) is 32.6 Å². The quantitative estimate of drug-likeness (QED) is 0.528. The monoisotopic (exact) mass is 185 g/mol. The summed E-state index contributed by atoms with van der Waals surface area (Å²) in [5.74, 6) is 0.0388. The maximum absolute atomic E-state index is 11.6. The molecule has 76 valence electrons. The number of amides is 1. The first-order valence-electron chi connectivity index (χ1n) is 5.02. The highest BCUT2D eigenvalue weighted by atomic mass is 16.6. The van der Waals surface area contributed by atoms with E-state index in [0.717, 1.165) is 25.7 Å².